The van der Waals surface area contributed by atoms with Gasteiger partial charge in [-0.2, -0.15) is 0 Å². The van der Waals surface area contributed by atoms with Crippen LogP contribution in [-0.2, 0) is 16.1 Å². The van der Waals surface area contributed by atoms with Crippen molar-refractivity contribution in [2.75, 3.05) is 5.32 Å². The molecule has 1 aromatic carbocycles. The van der Waals surface area contributed by atoms with Crippen LogP contribution in [0.2, 0.25) is 0 Å². The molecule has 6 nitrogen and oxygen atoms in total. The van der Waals surface area contributed by atoms with Crippen LogP contribution in [0.1, 0.15) is 46.6 Å². The van der Waals surface area contributed by atoms with Crippen LogP contribution in [0.25, 0.3) is 0 Å². The summed E-state index contributed by atoms with van der Waals surface area (Å²) in [6, 6.07) is 6.20. The SMILES string of the molecule is CC(C)C[C@H](NC(=O)OC(C)(C)C)C(=O)Nc1ccc(CO)cc1. The zero-order valence-corrected chi connectivity index (χ0v) is 15.1. The molecular formula is C18H28N2O4. The summed E-state index contributed by atoms with van der Waals surface area (Å²) in [6.07, 6.45) is -0.112. The van der Waals surface area contributed by atoms with Crippen LogP contribution in [0.5, 0.6) is 0 Å². The zero-order chi connectivity index (χ0) is 18.3. The van der Waals surface area contributed by atoms with E-state index in [9.17, 15) is 9.59 Å². The number of carbonyl (C=O) groups excluding carboxylic acids is 2. The molecule has 0 aliphatic rings. The number of hydrogen-bond acceptors (Lipinski definition) is 4. The third kappa shape index (κ3) is 7.46. The zero-order valence-electron chi connectivity index (χ0n) is 15.1. The molecule has 0 saturated carbocycles. The van der Waals surface area contributed by atoms with Gasteiger partial charge in [0, 0.05) is 5.69 Å². The third-order valence-electron chi connectivity index (χ3n) is 3.12. The number of alkyl carbamates (subject to hydrolysis) is 1. The molecule has 0 saturated heterocycles. The fraction of sp³-hybridized carbons (Fsp3) is 0.556. The monoisotopic (exact) mass is 336 g/mol. The lowest BCUT2D eigenvalue weighted by molar-refractivity contribution is -0.118. The number of nitrogens with one attached hydrogen (secondary N) is 2. The van der Waals surface area contributed by atoms with Crippen molar-refractivity contribution in [1.29, 1.82) is 0 Å². The predicted molar refractivity (Wildman–Crippen MR) is 93.6 cm³/mol. The van der Waals surface area contributed by atoms with Crippen molar-refractivity contribution >= 4 is 17.7 Å². The maximum Gasteiger partial charge on any atom is 0.408 e. The summed E-state index contributed by atoms with van der Waals surface area (Å²) in [4.78, 5) is 24.4. The fourth-order valence-electron chi connectivity index (χ4n) is 2.08. The van der Waals surface area contributed by atoms with E-state index in [-0.39, 0.29) is 18.4 Å². The molecule has 0 radical (unpaired) electrons. The molecule has 0 spiro atoms. The van der Waals surface area contributed by atoms with Crippen molar-refractivity contribution < 1.29 is 19.4 Å². The summed E-state index contributed by atoms with van der Waals surface area (Å²) >= 11 is 0. The molecule has 0 fully saturated rings. The van der Waals surface area contributed by atoms with Gasteiger partial charge < -0.3 is 20.5 Å². The van der Waals surface area contributed by atoms with E-state index in [0.29, 0.717) is 12.1 Å². The predicted octanol–water partition coefficient (Wildman–Crippen LogP) is 3.06. The number of benzene rings is 1. The van der Waals surface area contributed by atoms with Gasteiger partial charge in [0.05, 0.1) is 6.61 Å². The van der Waals surface area contributed by atoms with Gasteiger partial charge in [-0.25, -0.2) is 4.79 Å². The van der Waals surface area contributed by atoms with Gasteiger partial charge >= 0.3 is 6.09 Å². The van der Waals surface area contributed by atoms with Crippen molar-refractivity contribution in [3.8, 4) is 0 Å². The molecule has 0 heterocycles. The van der Waals surface area contributed by atoms with Crippen molar-refractivity contribution in [2.45, 2.75) is 59.3 Å². The van der Waals surface area contributed by atoms with Crippen LogP contribution < -0.4 is 10.6 Å². The Morgan fingerprint density at radius 2 is 1.75 bits per heavy atom. The molecule has 1 aromatic rings. The van der Waals surface area contributed by atoms with Gasteiger partial charge in [-0.05, 0) is 50.8 Å². The number of aliphatic hydroxyl groups excluding tert-OH is 1. The number of anilines is 1. The Morgan fingerprint density at radius 3 is 2.21 bits per heavy atom. The fourth-order valence-corrected chi connectivity index (χ4v) is 2.08. The van der Waals surface area contributed by atoms with E-state index in [4.69, 9.17) is 9.84 Å². The average molecular weight is 336 g/mol. The second-order valence-corrected chi connectivity index (χ2v) is 7.17. The molecule has 0 aromatic heterocycles. The normalized spacial score (nSPS) is 12.6. The highest BCUT2D eigenvalue weighted by Gasteiger charge is 2.25. The van der Waals surface area contributed by atoms with Crippen molar-refractivity contribution in [3.63, 3.8) is 0 Å². The van der Waals surface area contributed by atoms with Crippen LogP contribution in [0, 0.1) is 5.92 Å². The van der Waals surface area contributed by atoms with E-state index in [1.165, 1.54) is 0 Å². The molecule has 1 atom stereocenters. The summed E-state index contributed by atoms with van der Waals surface area (Å²) in [7, 11) is 0. The number of carbonyl (C=O) groups is 2. The van der Waals surface area contributed by atoms with Crippen molar-refractivity contribution in [2.24, 2.45) is 5.92 Å². The first-order valence-corrected chi connectivity index (χ1v) is 8.11. The van der Waals surface area contributed by atoms with Gasteiger partial charge in [0.2, 0.25) is 5.91 Å². The Bertz CT molecular complexity index is 547. The highest BCUT2D eigenvalue weighted by molar-refractivity contribution is 5.96. The minimum atomic E-state index is -0.683. The summed E-state index contributed by atoms with van der Waals surface area (Å²) in [5, 5.41) is 14.5. The van der Waals surface area contributed by atoms with Gasteiger partial charge in [0.25, 0.3) is 0 Å². The second-order valence-electron chi connectivity index (χ2n) is 7.17. The topological polar surface area (TPSA) is 87.7 Å². The average Bonchev–Trinajstić information content (AvgIpc) is 2.44. The standard InChI is InChI=1S/C18H28N2O4/c1-12(2)10-15(20-17(23)24-18(3,4)5)16(22)19-14-8-6-13(11-21)7-9-14/h6-9,12,15,21H,10-11H2,1-5H3,(H,19,22)(H,20,23)/t15-/m0/s1. The number of aliphatic hydroxyl groups is 1. The summed E-state index contributed by atoms with van der Waals surface area (Å²) in [5.41, 5.74) is 0.749. The van der Waals surface area contributed by atoms with E-state index in [2.05, 4.69) is 10.6 Å². The van der Waals surface area contributed by atoms with Gasteiger partial charge in [-0.15, -0.1) is 0 Å². The van der Waals surface area contributed by atoms with E-state index >= 15 is 0 Å². The molecule has 3 N–H and O–H groups in total. The lowest BCUT2D eigenvalue weighted by Gasteiger charge is -2.24. The van der Waals surface area contributed by atoms with Crippen molar-refractivity contribution in [3.05, 3.63) is 29.8 Å². The second kappa shape index (κ2) is 8.68. The molecule has 134 valence electrons. The number of amides is 2. The number of hydrogen-bond donors (Lipinski definition) is 3. The van der Waals surface area contributed by atoms with E-state index in [1.54, 1.807) is 45.0 Å². The maximum atomic E-state index is 12.5. The molecule has 2 amide bonds. The van der Waals surface area contributed by atoms with E-state index < -0.39 is 17.7 Å². The number of rotatable bonds is 6. The van der Waals surface area contributed by atoms with Gasteiger partial charge in [-0.3, -0.25) is 4.79 Å². The Labute approximate surface area is 143 Å². The third-order valence-corrected chi connectivity index (χ3v) is 3.12. The summed E-state index contributed by atoms with van der Waals surface area (Å²) in [6.45, 7) is 9.22. The molecular weight excluding hydrogens is 308 g/mol. The lowest BCUT2D eigenvalue weighted by atomic mass is 10.0. The Balaban J connectivity index is 2.74. The van der Waals surface area contributed by atoms with E-state index in [0.717, 1.165) is 5.56 Å². The van der Waals surface area contributed by atoms with Crippen LogP contribution >= 0.6 is 0 Å². The minimum absolute atomic E-state index is 0.0512. The molecule has 1 rings (SSSR count). The summed E-state index contributed by atoms with van der Waals surface area (Å²) < 4.78 is 5.22. The van der Waals surface area contributed by atoms with Gasteiger partial charge in [-0.1, -0.05) is 26.0 Å². The first-order valence-electron chi connectivity index (χ1n) is 8.11. The van der Waals surface area contributed by atoms with Crippen LogP contribution in [0.3, 0.4) is 0 Å². The summed E-state index contributed by atoms with van der Waals surface area (Å²) in [5.74, 6) is -0.0706. The molecule has 24 heavy (non-hydrogen) atoms. The largest absolute Gasteiger partial charge is 0.444 e. The molecule has 0 aliphatic carbocycles. The highest BCUT2D eigenvalue weighted by Crippen LogP contribution is 2.13. The lowest BCUT2D eigenvalue weighted by Crippen LogP contribution is -2.46. The molecule has 0 unspecified atom stereocenters. The molecule has 0 bridgehead atoms. The van der Waals surface area contributed by atoms with Gasteiger partial charge in [0.15, 0.2) is 0 Å². The van der Waals surface area contributed by atoms with Crippen LogP contribution in [0.15, 0.2) is 24.3 Å². The Hall–Kier alpha value is -2.08. The van der Waals surface area contributed by atoms with Crippen LogP contribution in [0.4, 0.5) is 10.5 Å². The van der Waals surface area contributed by atoms with E-state index in [1.807, 2.05) is 13.8 Å². The quantitative estimate of drug-likeness (QED) is 0.745. The Morgan fingerprint density at radius 1 is 1.17 bits per heavy atom. The van der Waals surface area contributed by atoms with Gasteiger partial charge in [0.1, 0.15) is 11.6 Å². The molecule has 0 aliphatic heterocycles. The van der Waals surface area contributed by atoms with Crippen molar-refractivity contribution in [1.82, 2.24) is 5.32 Å². The first kappa shape index (κ1) is 20.0. The smallest absolute Gasteiger partial charge is 0.408 e. The highest BCUT2D eigenvalue weighted by atomic mass is 16.6. The van der Waals surface area contributed by atoms with Crippen LogP contribution in [-0.4, -0.2) is 28.7 Å². The first-order chi connectivity index (χ1) is 11.1. The Kier molecular flexibility index (Phi) is 7.22. The maximum absolute atomic E-state index is 12.5. The number of ether oxygens (including phenoxy) is 1. The molecule has 6 heteroatoms. The minimum Gasteiger partial charge on any atom is -0.444 e.